The summed E-state index contributed by atoms with van der Waals surface area (Å²) in [6, 6.07) is 16.6. The molecule has 2 aliphatic rings. The first-order valence-electron chi connectivity index (χ1n) is 11.9. The maximum atomic E-state index is 10.6. The van der Waals surface area contributed by atoms with Crippen LogP contribution in [0, 0.1) is 0 Å². The van der Waals surface area contributed by atoms with E-state index in [2.05, 4.69) is 57.1 Å². The number of carboxylic acids is 1. The molecule has 0 saturated carbocycles. The highest BCUT2D eigenvalue weighted by Crippen LogP contribution is 2.42. The van der Waals surface area contributed by atoms with Crippen LogP contribution < -0.4 is 10.1 Å². The van der Waals surface area contributed by atoms with Crippen molar-refractivity contribution in [3.8, 4) is 17.1 Å². The fourth-order valence-electron chi connectivity index (χ4n) is 4.66. The number of nitrogens with one attached hydrogen (secondary N) is 1. The fourth-order valence-corrected chi connectivity index (χ4v) is 4.66. The number of aliphatic carboxylic acids is 1. The van der Waals surface area contributed by atoms with Gasteiger partial charge in [-0.15, -0.1) is 10.2 Å². The van der Waals surface area contributed by atoms with Crippen LogP contribution in [0.5, 0.6) is 5.75 Å². The molecule has 1 saturated heterocycles. The topological polar surface area (TPSA) is 102 Å². The zero-order chi connectivity index (χ0) is 23.4. The highest BCUT2D eigenvalue weighted by molar-refractivity contribution is 5.85. The summed E-state index contributed by atoms with van der Waals surface area (Å²) >= 11 is 0. The van der Waals surface area contributed by atoms with Crippen LogP contribution in [0.15, 0.2) is 54.6 Å². The minimum absolute atomic E-state index is 0.202. The number of benzene rings is 2. The van der Waals surface area contributed by atoms with Gasteiger partial charge in [0.15, 0.2) is 0 Å². The van der Waals surface area contributed by atoms with Gasteiger partial charge in [-0.1, -0.05) is 48.9 Å². The van der Waals surface area contributed by atoms with Gasteiger partial charge in [0.1, 0.15) is 11.4 Å². The maximum absolute atomic E-state index is 10.6. The second-order valence-corrected chi connectivity index (χ2v) is 8.96. The minimum Gasteiger partial charge on any atom is -0.482 e. The van der Waals surface area contributed by atoms with Crippen LogP contribution in [0.3, 0.4) is 0 Å². The highest BCUT2D eigenvalue weighted by Gasteiger charge is 2.36. The number of carbonyl (C=O) groups is 1. The predicted molar refractivity (Wildman–Crippen MR) is 128 cm³/mol. The minimum atomic E-state index is -0.754. The lowest BCUT2D eigenvalue weighted by Crippen LogP contribution is -2.46. The van der Waals surface area contributed by atoms with Crippen molar-refractivity contribution in [1.29, 1.82) is 0 Å². The van der Waals surface area contributed by atoms with Crippen molar-refractivity contribution in [3.05, 3.63) is 65.7 Å². The van der Waals surface area contributed by atoms with Gasteiger partial charge < -0.3 is 15.2 Å². The standard InChI is InChI=1S/C26H29N5O3/c32-24(33)8-2-1-5-17-31-29-25(28-30-31)20-11-9-19(10-12-20)22-18-26(13-15-27-16-14-26)34-23-7-4-3-6-21(22)23/h3-4,6-7,9-12,18,27H,1-2,5,8,13-17H2,(H,32,33). The van der Waals surface area contributed by atoms with Crippen molar-refractivity contribution < 1.29 is 14.6 Å². The van der Waals surface area contributed by atoms with E-state index in [1.807, 2.05) is 18.2 Å². The normalized spacial score (nSPS) is 16.5. The summed E-state index contributed by atoms with van der Waals surface area (Å²) in [6.07, 6.45) is 6.74. The first-order valence-corrected chi connectivity index (χ1v) is 11.9. The summed E-state index contributed by atoms with van der Waals surface area (Å²) < 4.78 is 6.49. The molecule has 8 nitrogen and oxygen atoms in total. The summed E-state index contributed by atoms with van der Waals surface area (Å²) in [6.45, 7) is 2.53. The van der Waals surface area contributed by atoms with E-state index in [1.54, 1.807) is 4.80 Å². The molecule has 5 rings (SSSR count). The number of ether oxygens (including phenoxy) is 1. The third-order valence-corrected chi connectivity index (χ3v) is 6.50. The number of carboxylic acid groups (broad SMARTS) is 1. The monoisotopic (exact) mass is 459 g/mol. The Bertz CT molecular complexity index is 1180. The van der Waals surface area contributed by atoms with Gasteiger partial charge >= 0.3 is 5.97 Å². The van der Waals surface area contributed by atoms with Gasteiger partial charge in [-0.05, 0) is 54.4 Å². The maximum Gasteiger partial charge on any atom is 0.303 e. The van der Waals surface area contributed by atoms with Crippen molar-refractivity contribution in [1.82, 2.24) is 25.5 Å². The van der Waals surface area contributed by atoms with Crippen LogP contribution in [0.4, 0.5) is 0 Å². The van der Waals surface area contributed by atoms with Crippen molar-refractivity contribution >= 4 is 11.5 Å². The Balaban J connectivity index is 1.32. The molecule has 1 spiro atoms. The van der Waals surface area contributed by atoms with Crippen LogP contribution >= 0.6 is 0 Å². The van der Waals surface area contributed by atoms with Crippen molar-refractivity contribution in [2.75, 3.05) is 13.1 Å². The lowest BCUT2D eigenvalue weighted by atomic mass is 9.83. The second-order valence-electron chi connectivity index (χ2n) is 8.96. The Morgan fingerprint density at radius 1 is 1.03 bits per heavy atom. The molecule has 3 heterocycles. The van der Waals surface area contributed by atoms with E-state index >= 15 is 0 Å². The van der Waals surface area contributed by atoms with Gasteiger partial charge in [-0.25, -0.2) is 0 Å². The Kier molecular flexibility index (Phi) is 6.40. The molecular weight excluding hydrogens is 430 g/mol. The Labute approximate surface area is 198 Å². The quantitative estimate of drug-likeness (QED) is 0.492. The number of nitrogens with zero attached hydrogens (tertiary/aromatic N) is 4. The molecule has 34 heavy (non-hydrogen) atoms. The number of para-hydroxylation sites is 1. The first kappa shape index (κ1) is 22.3. The lowest BCUT2D eigenvalue weighted by Gasteiger charge is -2.40. The van der Waals surface area contributed by atoms with E-state index in [0.29, 0.717) is 18.8 Å². The third-order valence-electron chi connectivity index (χ3n) is 6.50. The van der Waals surface area contributed by atoms with E-state index in [9.17, 15) is 4.79 Å². The number of aromatic nitrogens is 4. The molecule has 2 aromatic carbocycles. The number of tetrazole rings is 1. The van der Waals surface area contributed by atoms with E-state index in [0.717, 1.165) is 61.2 Å². The van der Waals surface area contributed by atoms with Crippen LogP contribution in [-0.4, -0.2) is 50.0 Å². The molecule has 3 aromatic rings. The zero-order valence-electron chi connectivity index (χ0n) is 19.1. The fraction of sp³-hybridized carbons (Fsp3) is 0.385. The summed E-state index contributed by atoms with van der Waals surface area (Å²) in [5, 5.41) is 25.0. The molecule has 1 aromatic heterocycles. The molecule has 2 N–H and O–H groups in total. The number of hydrogen-bond acceptors (Lipinski definition) is 6. The van der Waals surface area contributed by atoms with Gasteiger partial charge in [0.2, 0.25) is 5.82 Å². The average molecular weight is 460 g/mol. The average Bonchev–Trinajstić information content (AvgIpc) is 3.33. The van der Waals surface area contributed by atoms with Crippen LogP contribution in [0.1, 0.15) is 49.7 Å². The molecule has 0 unspecified atom stereocenters. The molecule has 8 heteroatoms. The SMILES string of the molecule is O=C(O)CCCCCn1nnc(-c2ccc(C3=CC4(CCNCC4)Oc4ccccc43)cc2)n1. The van der Waals surface area contributed by atoms with Gasteiger partial charge in [0.05, 0.1) is 6.54 Å². The van der Waals surface area contributed by atoms with Crippen LogP contribution in [0.25, 0.3) is 17.0 Å². The van der Waals surface area contributed by atoms with E-state index < -0.39 is 5.97 Å². The van der Waals surface area contributed by atoms with E-state index in [-0.39, 0.29) is 12.0 Å². The summed E-state index contributed by atoms with van der Waals surface area (Å²) in [4.78, 5) is 12.2. The summed E-state index contributed by atoms with van der Waals surface area (Å²) in [5.74, 6) is 0.780. The molecule has 2 aliphatic heterocycles. The predicted octanol–water partition coefficient (Wildman–Crippen LogP) is 3.93. The summed E-state index contributed by atoms with van der Waals surface area (Å²) in [7, 11) is 0. The molecule has 176 valence electrons. The smallest absolute Gasteiger partial charge is 0.303 e. The number of hydrogen-bond donors (Lipinski definition) is 2. The Hall–Kier alpha value is -3.52. The zero-order valence-corrected chi connectivity index (χ0v) is 19.1. The van der Waals surface area contributed by atoms with Crippen molar-refractivity contribution in [2.45, 2.75) is 50.7 Å². The molecular formula is C26H29N5O3. The van der Waals surface area contributed by atoms with Crippen LogP contribution in [-0.2, 0) is 11.3 Å². The Morgan fingerprint density at radius 2 is 1.79 bits per heavy atom. The van der Waals surface area contributed by atoms with Gasteiger partial charge in [-0.3, -0.25) is 4.79 Å². The molecule has 0 atom stereocenters. The highest BCUT2D eigenvalue weighted by atomic mass is 16.5. The number of aryl methyl sites for hydroxylation is 1. The number of fused-ring (bicyclic) bond motifs is 1. The first-order chi connectivity index (χ1) is 16.6. The molecule has 0 aliphatic carbocycles. The van der Waals surface area contributed by atoms with Gasteiger partial charge in [0.25, 0.3) is 0 Å². The van der Waals surface area contributed by atoms with Gasteiger partial charge in [-0.2, -0.15) is 4.80 Å². The molecule has 0 radical (unpaired) electrons. The summed E-state index contributed by atoms with van der Waals surface area (Å²) in [5.41, 5.74) is 4.11. The molecule has 0 bridgehead atoms. The largest absolute Gasteiger partial charge is 0.482 e. The lowest BCUT2D eigenvalue weighted by molar-refractivity contribution is -0.137. The molecule has 0 amide bonds. The molecule has 1 fully saturated rings. The number of rotatable bonds is 8. The van der Waals surface area contributed by atoms with Crippen molar-refractivity contribution in [2.24, 2.45) is 0 Å². The Morgan fingerprint density at radius 3 is 2.59 bits per heavy atom. The van der Waals surface area contributed by atoms with Crippen molar-refractivity contribution in [3.63, 3.8) is 0 Å². The second kappa shape index (κ2) is 9.77. The van der Waals surface area contributed by atoms with Gasteiger partial charge in [0, 0.05) is 30.4 Å². The number of unbranched alkanes of at least 4 members (excludes halogenated alkanes) is 2. The van der Waals surface area contributed by atoms with E-state index in [1.165, 1.54) is 5.57 Å². The third kappa shape index (κ3) is 4.87. The van der Waals surface area contributed by atoms with E-state index in [4.69, 9.17) is 9.84 Å². The number of piperidine rings is 1. The van der Waals surface area contributed by atoms with Crippen LogP contribution in [0.2, 0.25) is 0 Å².